The third-order valence-electron chi connectivity index (χ3n) is 4.43. The number of aliphatic carboxylic acids is 1. The smallest absolute Gasteiger partial charge is 0.387 e. The molecule has 0 bridgehead atoms. The van der Waals surface area contributed by atoms with E-state index in [0.717, 1.165) is 5.01 Å². The molecule has 0 radical (unpaired) electrons. The number of para-hydroxylation sites is 2. The summed E-state index contributed by atoms with van der Waals surface area (Å²) in [5.74, 6) is -1.82. The van der Waals surface area contributed by atoms with E-state index in [1.54, 1.807) is 30.3 Å². The Morgan fingerprint density at radius 1 is 1.14 bits per heavy atom. The summed E-state index contributed by atoms with van der Waals surface area (Å²) in [4.78, 5) is 23.4. The zero-order chi connectivity index (χ0) is 21.0. The van der Waals surface area contributed by atoms with Crippen molar-refractivity contribution in [2.24, 2.45) is 5.10 Å². The van der Waals surface area contributed by atoms with Crippen LogP contribution in [0.1, 0.15) is 36.4 Å². The molecule has 29 heavy (non-hydrogen) atoms. The number of aromatic hydroxyl groups is 1. The number of amides is 1. The lowest BCUT2D eigenvalue weighted by Gasteiger charge is -2.22. The number of hydrogen-bond donors (Lipinski definition) is 2. The summed E-state index contributed by atoms with van der Waals surface area (Å²) in [5, 5.41) is 24.4. The number of carbonyl (C=O) groups excluding carboxylic acids is 1. The van der Waals surface area contributed by atoms with Gasteiger partial charge in [0.2, 0.25) is 5.91 Å². The lowest BCUT2D eigenvalue weighted by molar-refractivity contribution is -0.141. The van der Waals surface area contributed by atoms with Gasteiger partial charge in [-0.15, -0.1) is 0 Å². The maximum Gasteiger partial charge on any atom is 0.387 e. The van der Waals surface area contributed by atoms with Crippen molar-refractivity contribution in [3.05, 3.63) is 59.7 Å². The first-order valence-corrected chi connectivity index (χ1v) is 8.80. The Morgan fingerprint density at radius 2 is 1.83 bits per heavy atom. The van der Waals surface area contributed by atoms with Crippen LogP contribution in [0, 0.1) is 0 Å². The Bertz CT molecular complexity index is 948. The number of hydrogen-bond acceptors (Lipinski definition) is 5. The van der Waals surface area contributed by atoms with Crippen molar-refractivity contribution in [3.63, 3.8) is 0 Å². The fourth-order valence-electron chi connectivity index (χ4n) is 3.15. The molecule has 2 N–H and O–H groups in total. The Kier molecular flexibility index (Phi) is 6.06. The van der Waals surface area contributed by atoms with Crippen LogP contribution in [0.2, 0.25) is 0 Å². The molecule has 0 aliphatic carbocycles. The second-order valence-electron chi connectivity index (χ2n) is 6.33. The van der Waals surface area contributed by atoms with Gasteiger partial charge in [-0.2, -0.15) is 13.9 Å². The summed E-state index contributed by atoms with van der Waals surface area (Å²) in [6.07, 6.45) is -0.524. The summed E-state index contributed by atoms with van der Waals surface area (Å²) >= 11 is 0. The van der Waals surface area contributed by atoms with E-state index in [1.807, 2.05) is 0 Å². The lowest BCUT2D eigenvalue weighted by Crippen LogP contribution is -2.27. The van der Waals surface area contributed by atoms with E-state index in [-0.39, 0.29) is 30.8 Å². The average molecular weight is 404 g/mol. The van der Waals surface area contributed by atoms with Crippen LogP contribution < -0.4 is 4.74 Å². The van der Waals surface area contributed by atoms with E-state index in [0.29, 0.717) is 16.8 Å². The number of ether oxygens (including phenoxy) is 1. The second kappa shape index (κ2) is 8.68. The molecule has 152 valence electrons. The van der Waals surface area contributed by atoms with Crippen LogP contribution in [0.4, 0.5) is 8.78 Å². The zero-order valence-corrected chi connectivity index (χ0v) is 15.2. The Hall–Kier alpha value is -3.49. The van der Waals surface area contributed by atoms with Gasteiger partial charge in [0.1, 0.15) is 11.5 Å². The average Bonchev–Trinajstić information content (AvgIpc) is 3.11. The molecular formula is C20H18F2N2O5. The fourth-order valence-corrected chi connectivity index (χ4v) is 3.15. The monoisotopic (exact) mass is 404 g/mol. The number of phenolic OH excluding ortho intramolecular Hbond substituents is 1. The number of carboxylic acid groups (broad SMARTS) is 1. The predicted molar refractivity (Wildman–Crippen MR) is 98.8 cm³/mol. The molecule has 1 amide bonds. The highest BCUT2D eigenvalue weighted by atomic mass is 19.3. The van der Waals surface area contributed by atoms with Crippen LogP contribution in [-0.2, 0) is 9.59 Å². The van der Waals surface area contributed by atoms with Gasteiger partial charge in [-0.05, 0) is 18.2 Å². The number of hydrazone groups is 1. The van der Waals surface area contributed by atoms with E-state index < -0.39 is 24.5 Å². The van der Waals surface area contributed by atoms with Gasteiger partial charge in [-0.3, -0.25) is 9.59 Å². The minimum atomic E-state index is -3.03. The number of rotatable bonds is 7. The van der Waals surface area contributed by atoms with Crippen molar-refractivity contribution in [1.29, 1.82) is 0 Å². The van der Waals surface area contributed by atoms with Crippen LogP contribution in [0.25, 0.3) is 0 Å². The molecule has 1 aliphatic heterocycles. The third-order valence-corrected chi connectivity index (χ3v) is 4.43. The van der Waals surface area contributed by atoms with Crippen molar-refractivity contribution in [2.45, 2.75) is 31.9 Å². The largest absolute Gasteiger partial charge is 0.508 e. The molecule has 7 nitrogen and oxygen atoms in total. The highest BCUT2D eigenvalue weighted by Gasteiger charge is 2.35. The van der Waals surface area contributed by atoms with Crippen molar-refractivity contribution >= 4 is 17.6 Å². The Morgan fingerprint density at radius 3 is 2.52 bits per heavy atom. The molecule has 0 aromatic heterocycles. The van der Waals surface area contributed by atoms with Crippen molar-refractivity contribution in [3.8, 4) is 11.5 Å². The minimum Gasteiger partial charge on any atom is -0.508 e. The van der Waals surface area contributed by atoms with Crippen molar-refractivity contribution in [1.82, 2.24) is 5.01 Å². The normalized spacial score (nSPS) is 16.0. The van der Waals surface area contributed by atoms with Gasteiger partial charge in [-0.25, -0.2) is 5.01 Å². The quantitative estimate of drug-likeness (QED) is 0.735. The summed E-state index contributed by atoms with van der Waals surface area (Å²) in [5.41, 5.74) is 1.03. The molecular weight excluding hydrogens is 386 g/mol. The summed E-state index contributed by atoms with van der Waals surface area (Å²) in [7, 11) is 0. The molecule has 0 saturated carbocycles. The summed E-state index contributed by atoms with van der Waals surface area (Å²) in [6.45, 7) is -3.03. The van der Waals surface area contributed by atoms with Crippen LogP contribution in [0.15, 0.2) is 53.6 Å². The number of phenols is 1. The predicted octanol–water partition coefficient (Wildman–Crippen LogP) is 3.54. The van der Waals surface area contributed by atoms with Gasteiger partial charge in [0.15, 0.2) is 0 Å². The number of alkyl halides is 2. The molecule has 2 aromatic carbocycles. The Labute approximate surface area is 164 Å². The molecule has 2 aromatic rings. The minimum absolute atomic E-state index is 0.0536. The molecule has 3 rings (SSSR count). The molecule has 0 fully saturated rings. The number of benzene rings is 2. The van der Waals surface area contributed by atoms with Crippen LogP contribution in [0.3, 0.4) is 0 Å². The standard InChI is InChI=1S/C20H18F2N2O5/c21-20(22)29-17-8-4-2-5-12(17)14-11-15(13-6-1-3-7-16(13)25)24(23-14)18(26)9-10-19(27)28/h1-8,15,20,25H,9-11H2,(H,27,28). The summed E-state index contributed by atoms with van der Waals surface area (Å²) in [6, 6.07) is 11.8. The van der Waals surface area contributed by atoms with Crippen LogP contribution >= 0.6 is 0 Å². The molecule has 1 aliphatic rings. The fraction of sp³-hybridized carbons (Fsp3) is 0.250. The van der Waals surface area contributed by atoms with Crippen molar-refractivity contribution in [2.75, 3.05) is 0 Å². The highest BCUT2D eigenvalue weighted by molar-refractivity contribution is 6.05. The van der Waals surface area contributed by atoms with Gasteiger partial charge in [0.05, 0.1) is 18.2 Å². The maximum atomic E-state index is 12.7. The zero-order valence-electron chi connectivity index (χ0n) is 15.2. The third kappa shape index (κ3) is 4.68. The number of carboxylic acids is 1. The molecule has 0 saturated heterocycles. The SMILES string of the molecule is O=C(O)CCC(=O)N1N=C(c2ccccc2OC(F)F)CC1c1ccccc1O. The molecule has 1 atom stereocenters. The molecule has 9 heteroatoms. The molecule has 0 spiro atoms. The van der Waals surface area contributed by atoms with E-state index >= 15 is 0 Å². The number of nitrogens with zero attached hydrogens (tertiary/aromatic N) is 2. The topological polar surface area (TPSA) is 99.4 Å². The van der Waals surface area contributed by atoms with Gasteiger partial charge < -0.3 is 14.9 Å². The van der Waals surface area contributed by atoms with Gasteiger partial charge in [0.25, 0.3) is 0 Å². The first kappa shape index (κ1) is 20.2. The van der Waals surface area contributed by atoms with Crippen molar-refractivity contribution < 1.29 is 33.3 Å². The molecule has 1 unspecified atom stereocenters. The number of carbonyl (C=O) groups is 2. The second-order valence-corrected chi connectivity index (χ2v) is 6.33. The van der Waals surface area contributed by atoms with E-state index in [2.05, 4.69) is 9.84 Å². The van der Waals surface area contributed by atoms with E-state index in [4.69, 9.17) is 5.11 Å². The first-order valence-electron chi connectivity index (χ1n) is 8.80. The van der Waals surface area contributed by atoms with Gasteiger partial charge >= 0.3 is 12.6 Å². The molecule has 1 heterocycles. The first-order chi connectivity index (χ1) is 13.9. The Balaban J connectivity index is 1.97. The van der Waals surface area contributed by atoms with Crippen LogP contribution in [-0.4, -0.2) is 39.4 Å². The lowest BCUT2D eigenvalue weighted by atomic mass is 9.97. The van der Waals surface area contributed by atoms with Crippen LogP contribution in [0.5, 0.6) is 11.5 Å². The van der Waals surface area contributed by atoms with Gasteiger partial charge in [-0.1, -0.05) is 30.3 Å². The summed E-state index contributed by atoms with van der Waals surface area (Å²) < 4.78 is 30.0. The van der Waals surface area contributed by atoms with Gasteiger partial charge in [0, 0.05) is 24.0 Å². The van der Waals surface area contributed by atoms with E-state index in [1.165, 1.54) is 18.2 Å². The maximum absolute atomic E-state index is 12.7. The number of halogens is 2. The highest BCUT2D eigenvalue weighted by Crippen LogP contribution is 2.38. The van der Waals surface area contributed by atoms with E-state index in [9.17, 15) is 23.5 Å².